The number of hydrogen-bond acceptors (Lipinski definition) is 2. The van der Waals surface area contributed by atoms with Crippen LogP contribution in [0.2, 0.25) is 10.0 Å². The highest BCUT2D eigenvalue weighted by molar-refractivity contribution is 6.42. The minimum absolute atomic E-state index is 0. The zero-order valence-corrected chi connectivity index (χ0v) is 19.1. The van der Waals surface area contributed by atoms with Crippen molar-refractivity contribution < 1.29 is 13.5 Å². The molecule has 8 heteroatoms. The lowest BCUT2D eigenvalue weighted by Crippen LogP contribution is -2.04. The summed E-state index contributed by atoms with van der Waals surface area (Å²) in [6.07, 6.45) is 1.67. The molecule has 0 atom stereocenters. The number of aromatic nitrogens is 2. The van der Waals surface area contributed by atoms with Crippen LogP contribution in [0.3, 0.4) is 0 Å². The summed E-state index contributed by atoms with van der Waals surface area (Å²) in [6.45, 7) is 4.59. The maximum absolute atomic E-state index is 13.5. The van der Waals surface area contributed by atoms with E-state index in [1.807, 2.05) is 26.0 Å². The van der Waals surface area contributed by atoms with E-state index in [4.69, 9.17) is 27.9 Å². The Hall–Kier alpha value is -2.34. The van der Waals surface area contributed by atoms with Gasteiger partial charge in [-0.1, -0.05) is 29.3 Å². The lowest BCUT2D eigenvalue weighted by molar-refractivity contribution is 0.307. The first-order chi connectivity index (χ1) is 14.3. The number of benzene rings is 2. The fraction of sp³-hybridized carbons (Fsp3) is 0.174. The zero-order chi connectivity index (χ0) is 21.4. The van der Waals surface area contributed by atoms with Gasteiger partial charge in [-0.2, -0.15) is 0 Å². The second kappa shape index (κ2) is 9.43. The van der Waals surface area contributed by atoms with Gasteiger partial charge < -0.3 is 9.30 Å². The smallest absolute Gasteiger partial charge is 0.147 e. The van der Waals surface area contributed by atoms with Crippen LogP contribution in [0.4, 0.5) is 8.78 Å². The van der Waals surface area contributed by atoms with Gasteiger partial charge in [0.2, 0.25) is 0 Å². The minimum Gasteiger partial charge on any atom is -0.487 e. The first kappa shape index (κ1) is 23.3. The maximum Gasteiger partial charge on any atom is 0.147 e. The van der Waals surface area contributed by atoms with Crippen LogP contribution in [0, 0.1) is 25.5 Å². The van der Waals surface area contributed by atoms with Crippen molar-refractivity contribution in [2.45, 2.75) is 27.0 Å². The first-order valence-electron chi connectivity index (χ1n) is 9.29. The first-order valence-corrected chi connectivity index (χ1v) is 10.0. The van der Waals surface area contributed by atoms with Crippen molar-refractivity contribution in [3.8, 4) is 5.75 Å². The second-order valence-electron chi connectivity index (χ2n) is 7.12. The van der Waals surface area contributed by atoms with E-state index >= 15 is 0 Å². The van der Waals surface area contributed by atoms with Gasteiger partial charge in [-0.3, -0.25) is 4.98 Å². The topological polar surface area (TPSA) is 27.1 Å². The third-order valence-corrected chi connectivity index (χ3v) is 5.84. The van der Waals surface area contributed by atoms with Gasteiger partial charge in [-0.05, 0) is 54.8 Å². The Labute approximate surface area is 195 Å². The zero-order valence-electron chi connectivity index (χ0n) is 16.8. The van der Waals surface area contributed by atoms with Crippen molar-refractivity contribution in [2.75, 3.05) is 0 Å². The van der Waals surface area contributed by atoms with Crippen LogP contribution in [0.25, 0.3) is 11.0 Å². The fourth-order valence-corrected chi connectivity index (χ4v) is 3.82. The molecular weight excluding hydrogens is 465 g/mol. The molecule has 4 aromatic rings. The quantitative estimate of drug-likeness (QED) is 0.298. The van der Waals surface area contributed by atoms with Gasteiger partial charge in [0.05, 0.1) is 15.6 Å². The Bertz CT molecular complexity index is 1240. The molecule has 2 aromatic heterocycles. The predicted molar refractivity (Wildman–Crippen MR) is 123 cm³/mol. The van der Waals surface area contributed by atoms with Gasteiger partial charge in [0, 0.05) is 30.6 Å². The minimum atomic E-state index is -0.636. The third kappa shape index (κ3) is 4.79. The van der Waals surface area contributed by atoms with Crippen molar-refractivity contribution in [3.63, 3.8) is 0 Å². The summed E-state index contributed by atoms with van der Waals surface area (Å²) in [4.78, 5) is 4.51. The van der Waals surface area contributed by atoms with Crippen molar-refractivity contribution in [2.24, 2.45) is 0 Å². The third-order valence-electron chi connectivity index (χ3n) is 5.10. The molecule has 0 aliphatic carbocycles. The number of fused-ring (bicyclic) bond motifs is 1. The van der Waals surface area contributed by atoms with E-state index in [9.17, 15) is 8.78 Å². The summed E-state index contributed by atoms with van der Waals surface area (Å²) in [5, 5.41) is 0.987. The Balaban J connectivity index is 0.00000272. The molecule has 0 spiro atoms. The molecule has 0 radical (unpaired) electrons. The molecule has 31 heavy (non-hydrogen) atoms. The predicted octanol–water partition coefficient (Wildman–Crippen LogP) is 7.29. The molecule has 0 bridgehead atoms. The van der Waals surface area contributed by atoms with Crippen LogP contribution in [0.15, 0.2) is 48.7 Å². The normalized spacial score (nSPS) is 10.9. The number of nitrogens with zero attached hydrogens (tertiary/aromatic N) is 2. The molecule has 2 aromatic carbocycles. The molecule has 0 saturated carbocycles. The molecule has 2 heterocycles. The van der Waals surface area contributed by atoms with E-state index < -0.39 is 11.6 Å². The Morgan fingerprint density at radius 2 is 1.65 bits per heavy atom. The molecule has 0 amide bonds. The highest BCUT2D eigenvalue weighted by atomic mass is 35.5. The Morgan fingerprint density at radius 1 is 0.935 bits per heavy atom. The summed E-state index contributed by atoms with van der Waals surface area (Å²) >= 11 is 12.2. The molecule has 0 fully saturated rings. The summed E-state index contributed by atoms with van der Waals surface area (Å²) in [6, 6.07) is 10.6. The van der Waals surface area contributed by atoms with Crippen molar-refractivity contribution in [1.82, 2.24) is 9.55 Å². The molecule has 0 aliphatic rings. The van der Waals surface area contributed by atoms with E-state index in [-0.39, 0.29) is 19.0 Å². The molecule has 0 saturated heterocycles. The van der Waals surface area contributed by atoms with Gasteiger partial charge in [0.1, 0.15) is 29.5 Å². The van der Waals surface area contributed by atoms with Crippen molar-refractivity contribution in [3.05, 3.63) is 92.7 Å². The summed E-state index contributed by atoms with van der Waals surface area (Å²) in [7, 11) is 0. The highest BCUT2D eigenvalue weighted by Gasteiger charge is 2.17. The number of ether oxygens (including phenoxy) is 1. The largest absolute Gasteiger partial charge is 0.487 e. The van der Waals surface area contributed by atoms with Crippen LogP contribution in [0.5, 0.6) is 5.75 Å². The van der Waals surface area contributed by atoms with Gasteiger partial charge in [0.15, 0.2) is 0 Å². The average Bonchev–Trinajstić information content (AvgIpc) is 2.94. The molecule has 0 aliphatic heterocycles. The van der Waals surface area contributed by atoms with Gasteiger partial charge >= 0.3 is 0 Å². The number of pyridine rings is 1. The van der Waals surface area contributed by atoms with E-state index in [0.717, 1.165) is 33.9 Å². The summed E-state index contributed by atoms with van der Waals surface area (Å²) in [5.74, 6) is -0.688. The number of rotatable bonds is 5. The van der Waals surface area contributed by atoms with Crippen LogP contribution >= 0.6 is 35.6 Å². The van der Waals surface area contributed by atoms with E-state index in [0.29, 0.717) is 27.9 Å². The summed E-state index contributed by atoms with van der Waals surface area (Å²) in [5.41, 5.74) is 5.09. The molecule has 4 rings (SSSR count). The van der Waals surface area contributed by atoms with Gasteiger partial charge in [-0.25, -0.2) is 8.78 Å². The fourth-order valence-electron chi connectivity index (χ4n) is 3.50. The number of aryl methyl sites for hydroxylation is 1. The monoisotopic (exact) mass is 482 g/mol. The van der Waals surface area contributed by atoms with E-state index in [2.05, 4.69) is 9.55 Å². The van der Waals surface area contributed by atoms with Crippen LogP contribution < -0.4 is 4.74 Å². The SMILES string of the molecule is Cc1c(C)n(Cc2ccc(Cl)c(Cl)c2)c2c(OCc3cc(F)cc(F)c3)ccnc12.Cl. The van der Waals surface area contributed by atoms with Crippen molar-refractivity contribution in [1.29, 1.82) is 0 Å². The maximum atomic E-state index is 13.5. The second-order valence-corrected chi connectivity index (χ2v) is 7.93. The Kier molecular flexibility index (Phi) is 7.10. The van der Waals surface area contributed by atoms with Crippen LogP contribution in [0.1, 0.15) is 22.4 Å². The average molecular weight is 484 g/mol. The number of hydrogen-bond donors (Lipinski definition) is 0. The molecule has 3 nitrogen and oxygen atoms in total. The summed E-state index contributed by atoms with van der Waals surface area (Å²) < 4.78 is 35.1. The lowest BCUT2D eigenvalue weighted by Gasteiger charge is -2.13. The van der Waals surface area contributed by atoms with Crippen molar-refractivity contribution >= 4 is 46.6 Å². The lowest BCUT2D eigenvalue weighted by atomic mass is 10.2. The highest BCUT2D eigenvalue weighted by Crippen LogP contribution is 2.33. The van der Waals surface area contributed by atoms with Crippen LogP contribution in [-0.2, 0) is 13.2 Å². The van der Waals surface area contributed by atoms with Gasteiger partial charge in [-0.15, -0.1) is 12.4 Å². The Morgan fingerprint density at radius 3 is 2.32 bits per heavy atom. The molecule has 0 unspecified atom stereocenters. The van der Waals surface area contributed by atoms with Crippen LogP contribution in [-0.4, -0.2) is 9.55 Å². The molecular formula is C23H19Cl3F2N2O. The van der Waals surface area contributed by atoms with E-state index in [1.165, 1.54) is 12.1 Å². The standard InChI is InChI=1S/C23H18Cl2F2N2O.ClH/c1-13-14(2)29(11-15-3-4-19(24)20(25)9-15)23-21(5-6-28-22(13)23)30-12-16-7-17(26)10-18(27)8-16;/h3-10H,11-12H2,1-2H3;1H. The van der Waals surface area contributed by atoms with Gasteiger partial charge in [0.25, 0.3) is 0 Å². The molecule has 0 N–H and O–H groups in total. The molecule has 162 valence electrons. The van der Waals surface area contributed by atoms with E-state index in [1.54, 1.807) is 18.3 Å². The number of halogens is 5.